The number of ether oxygens (including phenoxy) is 3. The van der Waals surface area contributed by atoms with Crippen molar-refractivity contribution in [2.24, 2.45) is 0 Å². The van der Waals surface area contributed by atoms with Crippen molar-refractivity contribution in [1.82, 2.24) is 9.80 Å². The van der Waals surface area contributed by atoms with Crippen LogP contribution in [-0.4, -0.2) is 74.1 Å². The Labute approximate surface area is 206 Å². The van der Waals surface area contributed by atoms with E-state index in [1.807, 2.05) is 0 Å². The van der Waals surface area contributed by atoms with Crippen LogP contribution in [0.5, 0.6) is 17.2 Å². The van der Waals surface area contributed by atoms with Crippen molar-refractivity contribution in [2.75, 3.05) is 47.5 Å². The molecule has 1 aliphatic rings. The summed E-state index contributed by atoms with van der Waals surface area (Å²) >= 11 is 0. The molecule has 0 spiro atoms. The lowest BCUT2D eigenvalue weighted by molar-refractivity contribution is -0.140. The molecule has 188 valence electrons. The second-order valence-corrected chi connectivity index (χ2v) is 8.22. The maximum Gasteiger partial charge on any atom is 0.295 e. The molecule has 0 radical (unpaired) electrons. The molecule has 1 atom stereocenters. The number of methoxy groups -OCH3 is 3. The largest absolute Gasteiger partial charge is 0.507 e. The van der Waals surface area contributed by atoms with Crippen LogP contribution in [0.1, 0.15) is 37.4 Å². The number of hydrogen-bond acceptors (Lipinski definition) is 7. The number of nitrogens with zero attached hydrogens (tertiary/aromatic N) is 2. The maximum atomic E-state index is 13.2. The number of benzene rings is 2. The van der Waals surface area contributed by atoms with Crippen LogP contribution >= 0.6 is 0 Å². The second kappa shape index (κ2) is 11.8. The number of likely N-dealkylation sites (tertiary alicyclic amines) is 1. The average Bonchev–Trinajstić information content (AvgIpc) is 3.15. The summed E-state index contributed by atoms with van der Waals surface area (Å²) in [6.45, 7) is 7.16. The number of hydrogen-bond donors (Lipinski definition) is 1. The van der Waals surface area contributed by atoms with Crippen molar-refractivity contribution >= 4 is 17.4 Å². The number of carbonyl (C=O) groups is 2. The smallest absolute Gasteiger partial charge is 0.295 e. The molecule has 1 N–H and O–H groups in total. The highest BCUT2D eigenvalue weighted by molar-refractivity contribution is 6.46. The highest BCUT2D eigenvalue weighted by Gasteiger charge is 2.46. The summed E-state index contributed by atoms with van der Waals surface area (Å²) in [4.78, 5) is 30.2. The SMILES string of the molecule is CCN(CC)CCCN1C(=O)C(=O)C(=C(O)c2cccc(OC)c2)[C@H]1c1ccc(OC)c(OC)c1. The number of rotatable bonds is 11. The van der Waals surface area contributed by atoms with E-state index in [1.165, 1.54) is 14.2 Å². The molecule has 1 saturated heterocycles. The third-order valence-corrected chi connectivity index (χ3v) is 6.37. The van der Waals surface area contributed by atoms with Gasteiger partial charge in [0.1, 0.15) is 11.5 Å². The molecule has 0 aromatic heterocycles. The van der Waals surface area contributed by atoms with E-state index >= 15 is 0 Å². The molecule has 1 aliphatic heterocycles. The van der Waals surface area contributed by atoms with Gasteiger partial charge in [0, 0.05) is 12.1 Å². The lowest BCUT2D eigenvalue weighted by atomic mass is 9.95. The first-order valence-corrected chi connectivity index (χ1v) is 11.8. The number of amides is 1. The predicted octanol–water partition coefficient (Wildman–Crippen LogP) is 3.87. The van der Waals surface area contributed by atoms with Crippen molar-refractivity contribution in [1.29, 1.82) is 0 Å². The van der Waals surface area contributed by atoms with Gasteiger partial charge in [-0.05, 0) is 55.9 Å². The third-order valence-electron chi connectivity index (χ3n) is 6.37. The summed E-state index contributed by atoms with van der Waals surface area (Å²) in [6, 6.07) is 11.3. The van der Waals surface area contributed by atoms with Gasteiger partial charge in [-0.1, -0.05) is 32.0 Å². The second-order valence-electron chi connectivity index (χ2n) is 8.22. The fraction of sp³-hybridized carbons (Fsp3) is 0.407. The molecule has 2 aromatic rings. The predicted molar refractivity (Wildman–Crippen MR) is 134 cm³/mol. The van der Waals surface area contributed by atoms with Gasteiger partial charge in [-0.15, -0.1) is 0 Å². The van der Waals surface area contributed by atoms with Crippen LogP contribution in [0.15, 0.2) is 48.0 Å². The van der Waals surface area contributed by atoms with Crippen LogP contribution < -0.4 is 14.2 Å². The van der Waals surface area contributed by atoms with Crippen molar-refractivity contribution < 1.29 is 28.9 Å². The van der Waals surface area contributed by atoms with Gasteiger partial charge in [-0.2, -0.15) is 0 Å². The summed E-state index contributed by atoms with van der Waals surface area (Å²) in [5, 5.41) is 11.3. The number of aliphatic hydroxyl groups excluding tert-OH is 1. The molecule has 2 aromatic carbocycles. The molecule has 0 unspecified atom stereocenters. The van der Waals surface area contributed by atoms with Gasteiger partial charge in [0.15, 0.2) is 11.5 Å². The van der Waals surface area contributed by atoms with Crippen LogP contribution in [0, 0.1) is 0 Å². The molecule has 0 saturated carbocycles. The van der Waals surface area contributed by atoms with Crippen molar-refractivity contribution in [3.05, 3.63) is 59.2 Å². The Morgan fingerprint density at radius 1 is 0.971 bits per heavy atom. The topological polar surface area (TPSA) is 88.5 Å². The first kappa shape index (κ1) is 26.1. The van der Waals surface area contributed by atoms with Crippen LogP contribution in [0.2, 0.25) is 0 Å². The Bertz CT molecular complexity index is 1090. The summed E-state index contributed by atoms with van der Waals surface area (Å²) in [5.41, 5.74) is 1.09. The normalized spacial score (nSPS) is 17.2. The molecule has 0 bridgehead atoms. The monoisotopic (exact) mass is 482 g/mol. The molecular formula is C27H34N2O6. The van der Waals surface area contributed by atoms with Crippen LogP contribution in [0.4, 0.5) is 0 Å². The molecule has 1 amide bonds. The van der Waals surface area contributed by atoms with Gasteiger partial charge < -0.3 is 29.1 Å². The quantitative estimate of drug-likeness (QED) is 0.296. The van der Waals surface area contributed by atoms with Gasteiger partial charge in [-0.25, -0.2) is 0 Å². The number of Topliss-reactive ketones (excluding diaryl/α,β-unsaturated/α-hetero) is 1. The highest BCUT2D eigenvalue weighted by Crippen LogP contribution is 2.42. The minimum absolute atomic E-state index is 0.0401. The molecule has 3 rings (SSSR count). The number of aliphatic hydroxyl groups is 1. The summed E-state index contributed by atoms with van der Waals surface area (Å²) in [7, 11) is 4.59. The minimum Gasteiger partial charge on any atom is -0.507 e. The van der Waals surface area contributed by atoms with E-state index in [-0.39, 0.29) is 11.3 Å². The fourth-order valence-corrected chi connectivity index (χ4v) is 4.41. The Morgan fingerprint density at radius 3 is 2.31 bits per heavy atom. The Morgan fingerprint density at radius 2 is 1.69 bits per heavy atom. The molecule has 1 fully saturated rings. The minimum atomic E-state index is -0.766. The molecular weight excluding hydrogens is 448 g/mol. The zero-order valence-corrected chi connectivity index (χ0v) is 21.0. The maximum absolute atomic E-state index is 13.2. The Kier molecular flexibility index (Phi) is 8.76. The van der Waals surface area contributed by atoms with E-state index in [9.17, 15) is 14.7 Å². The van der Waals surface area contributed by atoms with Gasteiger partial charge >= 0.3 is 0 Å². The van der Waals surface area contributed by atoms with Crippen molar-refractivity contribution in [3.8, 4) is 17.2 Å². The first-order chi connectivity index (χ1) is 16.9. The molecule has 1 heterocycles. The molecule has 8 nitrogen and oxygen atoms in total. The van der Waals surface area contributed by atoms with E-state index in [1.54, 1.807) is 54.5 Å². The fourth-order valence-electron chi connectivity index (χ4n) is 4.41. The zero-order valence-electron chi connectivity index (χ0n) is 21.0. The van der Waals surface area contributed by atoms with Gasteiger partial charge in [-0.3, -0.25) is 9.59 Å². The molecule has 8 heteroatoms. The lowest BCUT2D eigenvalue weighted by Gasteiger charge is -2.27. The average molecular weight is 483 g/mol. The van der Waals surface area contributed by atoms with Crippen LogP contribution in [-0.2, 0) is 9.59 Å². The Balaban J connectivity index is 2.10. The number of ketones is 1. The summed E-state index contributed by atoms with van der Waals surface area (Å²) in [5.74, 6) is -0.0530. The first-order valence-electron chi connectivity index (χ1n) is 11.8. The van der Waals surface area contributed by atoms with E-state index in [0.29, 0.717) is 41.3 Å². The highest BCUT2D eigenvalue weighted by atomic mass is 16.5. The third kappa shape index (κ3) is 5.43. The zero-order chi connectivity index (χ0) is 25.5. The van der Waals surface area contributed by atoms with E-state index in [4.69, 9.17) is 14.2 Å². The van der Waals surface area contributed by atoms with E-state index in [0.717, 1.165) is 19.6 Å². The van der Waals surface area contributed by atoms with Crippen LogP contribution in [0.3, 0.4) is 0 Å². The summed E-state index contributed by atoms with van der Waals surface area (Å²) in [6.07, 6.45) is 0.692. The van der Waals surface area contributed by atoms with Crippen LogP contribution in [0.25, 0.3) is 5.76 Å². The lowest BCUT2D eigenvalue weighted by Crippen LogP contribution is -2.33. The number of carbonyl (C=O) groups excluding carboxylic acids is 2. The van der Waals surface area contributed by atoms with E-state index < -0.39 is 17.7 Å². The van der Waals surface area contributed by atoms with Crippen molar-refractivity contribution in [2.45, 2.75) is 26.3 Å². The molecule has 35 heavy (non-hydrogen) atoms. The molecule has 0 aliphatic carbocycles. The summed E-state index contributed by atoms with van der Waals surface area (Å²) < 4.78 is 16.1. The van der Waals surface area contributed by atoms with Gasteiger partial charge in [0.05, 0.1) is 32.9 Å². The van der Waals surface area contributed by atoms with Gasteiger partial charge in [0.2, 0.25) is 0 Å². The van der Waals surface area contributed by atoms with Gasteiger partial charge in [0.25, 0.3) is 11.7 Å². The Hall–Kier alpha value is -3.52. The van der Waals surface area contributed by atoms with Crippen molar-refractivity contribution in [3.63, 3.8) is 0 Å². The van der Waals surface area contributed by atoms with E-state index in [2.05, 4.69) is 18.7 Å². The standard InChI is InChI=1S/C27H34N2O6/c1-6-28(7-2)14-9-15-29-24(18-12-13-21(34-4)22(17-18)35-5)23(26(31)27(29)32)25(30)19-10-8-11-20(16-19)33-3/h8,10-13,16-17,24,30H,6-7,9,14-15H2,1-5H3/t24-/m1/s1.